The van der Waals surface area contributed by atoms with Crippen molar-refractivity contribution in [2.24, 2.45) is 0 Å². The number of nitrogens with one attached hydrogen (secondary N) is 1. The topological polar surface area (TPSA) is 82.2 Å². The van der Waals surface area contributed by atoms with E-state index in [1.165, 1.54) is 0 Å². The molecule has 8 heteroatoms. The molecule has 1 fully saturated rings. The lowest BCUT2D eigenvalue weighted by molar-refractivity contribution is -0.129. The molecule has 0 saturated carbocycles. The number of anilines is 2. The Balaban J connectivity index is 1.71. The number of amides is 1. The Morgan fingerprint density at radius 2 is 1.72 bits per heavy atom. The number of carbonyl (C=O) groups is 1. The van der Waals surface area contributed by atoms with E-state index in [4.69, 9.17) is 4.74 Å². The van der Waals surface area contributed by atoms with Gasteiger partial charge in [0.15, 0.2) is 0 Å². The molecule has 0 aromatic heterocycles. The molecule has 3 rings (SSSR count). The van der Waals surface area contributed by atoms with Gasteiger partial charge in [0.05, 0.1) is 13.2 Å². The van der Waals surface area contributed by atoms with Crippen LogP contribution in [0.5, 0.6) is 5.75 Å². The van der Waals surface area contributed by atoms with Gasteiger partial charge in [-0.05, 0) is 31.8 Å². The predicted molar refractivity (Wildman–Crippen MR) is 114 cm³/mol. The molecule has 1 unspecified atom stereocenters. The maximum absolute atomic E-state index is 12.2. The zero-order chi connectivity index (χ0) is 21.1. The maximum atomic E-state index is 12.2. The van der Waals surface area contributed by atoms with Crippen LogP contribution in [0.4, 0.5) is 11.4 Å². The highest BCUT2D eigenvalue weighted by Gasteiger charge is 2.29. The van der Waals surface area contributed by atoms with Crippen molar-refractivity contribution in [3.05, 3.63) is 50.3 Å². The van der Waals surface area contributed by atoms with Gasteiger partial charge in [0, 0.05) is 39.6 Å². The van der Waals surface area contributed by atoms with Gasteiger partial charge < -0.3 is 24.8 Å². The van der Waals surface area contributed by atoms with E-state index >= 15 is 0 Å². The molecule has 0 radical (unpaired) electrons. The van der Waals surface area contributed by atoms with E-state index in [2.05, 4.69) is 10.2 Å². The summed E-state index contributed by atoms with van der Waals surface area (Å²) in [7, 11) is 5.57. The molecule has 1 amide bonds. The van der Waals surface area contributed by atoms with Crippen LogP contribution in [0.3, 0.4) is 0 Å². The molecule has 1 N–H and O–H groups in total. The Morgan fingerprint density at radius 1 is 1.10 bits per heavy atom. The summed E-state index contributed by atoms with van der Waals surface area (Å²) in [5.41, 5.74) is 0.992. The summed E-state index contributed by atoms with van der Waals surface area (Å²) in [5, 5.41) is 3.20. The molecule has 0 spiro atoms. The number of hydrogen-bond acceptors (Lipinski definition) is 7. The maximum Gasteiger partial charge on any atom is 0.253 e. The lowest BCUT2D eigenvalue weighted by Gasteiger charge is -2.37. The van der Waals surface area contributed by atoms with E-state index in [0.717, 1.165) is 11.3 Å². The highest BCUT2D eigenvalue weighted by molar-refractivity contribution is 5.77. The molecule has 1 saturated heterocycles. The number of hydrogen-bond donors (Lipinski definition) is 1. The smallest absolute Gasteiger partial charge is 0.253 e. The third kappa shape index (κ3) is 4.27. The number of ether oxygens (including phenoxy) is 1. The SMILES string of the molecule is COc1ccc(C(CNc2c(N3CCN(C(C)=O)CC3)c(=O)c2=O)N(C)C)cc1. The first-order valence-electron chi connectivity index (χ1n) is 9.71. The van der Waals surface area contributed by atoms with Gasteiger partial charge in [-0.15, -0.1) is 0 Å². The molecule has 156 valence electrons. The number of nitrogens with zero attached hydrogens (tertiary/aromatic N) is 3. The van der Waals surface area contributed by atoms with E-state index in [9.17, 15) is 14.4 Å². The average molecular weight is 400 g/mol. The van der Waals surface area contributed by atoms with E-state index in [0.29, 0.717) is 44.1 Å². The first-order chi connectivity index (χ1) is 13.8. The van der Waals surface area contributed by atoms with E-state index in [1.807, 2.05) is 43.3 Å². The van der Waals surface area contributed by atoms with Gasteiger partial charge in [-0.1, -0.05) is 12.1 Å². The number of piperazine rings is 1. The van der Waals surface area contributed by atoms with Crippen LogP contribution in [0.2, 0.25) is 0 Å². The second-order valence-electron chi connectivity index (χ2n) is 7.51. The van der Waals surface area contributed by atoms with Crippen molar-refractivity contribution in [2.75, 3.05) is 64.1 Å². The Kier molecular flexibility index (Phi) is 6.22. The molecule has 1 atom stereocenters. The fraction of sp³-hybridized carbons (Fsp3) is 0.476. The van der Waals surface area contributed by atoms with Crippen molar-refractivity contribution in [3.63, 3.8) is 0 Å². The van der Waals surface area contributed by atoms with E-state index < -0.39 is 10.9 Å². The quantitative estimate of drug-likeness (QED) is 0.684. The molecule has 8 nitrogen and oxygen atoms in total. The fourth-order valence-electron chi connectivity index (χ4n) is 3.71. The number of rotatable bonds is 7. The van der Waals surface area contributed by atoms with Gasteiger partial charge in [0.1, 0.15) is 17.1 Å². The van der Waals surface area contributed by atoms with Crippen molar-refractivity contribution in [1.29, 1.82) is 0 Å². The summed E-state index contributed by atoms with van der Waals surface area (Å²) in [4.78, 5) is 41.6. The van der Waals surface area contributed by atoms with Gasteiger partial charge in [-0.2, -0.15) is 0 Å². The van der Waals surface area contributed by atoms with Crippen molar-refractivity contribution < 1.29 is 9.53 Å². The Labute approximate surface area is 170 Å². The van der Waals surface area contributed by atoms with Crippen LogP contribution in [-0.4, -0.2) is 69.6 Å². The molecular weight excluding hydrogens is 372 g/mol. The molecule has 1 aliphatic rings. The monoisotopic (exact) mass is 400 g/mol. The zero-order valence-corrected chi connectivity index (χ0v) is 17.4. The first kappa shape index (κ1) is 20.9. The molecule has 0 bridgehead atoms. The van der Waals surface area contributed by atoms with Crippen molar-refractivity contribution >= 4 is 17.3 Å². The molecule has 1 aliphatic heterocycles. The number of carbonyl (C=O) groups excluding carboxylic acids is 1. The summed E-state index contributed by atoms with van der Waals surface area (Å²) in [6.45, 7) is 4.24. The van der Waals surface area contributed by atoms with Gasteiger partial charge in [0.2, 0.25) is 5.91 Å². The van der Waals surface area contributed by atoms with E-state index in [1.54, 1.807) is 18.9 Å². The highest BCUT2D eigenvalue weighted by atomic mass is 16.5. The first-order valence-corrected chi connectivity index (χ1v) is 9.71. The minimum absolute atomic E-state index is 0.0210. The average Bonchev–Trinajstić information content (AvgIpc) is 2.73. The van der Waals surface area contributed by atoms with Gasteiger partial charge in [-0.3, -0.25) is 14.4 Å². The second kappa shape index (κ2) is 8.65. The summed E-state index contributed by atoms with van der Waals surface area (Å²) >= 11 is 0. The molecule has 29 heavy (non-hydrogen) atoms. The number of benzene rings is 1. The van der Waals surface area contributed by atoms with Crippen LogP contribution in [0.25, 0.3) is 0 Å². The Hall–Kier alpha value is -2.87. The summed E-state index contributed by atoms with van der Waals surface area (Å²) in [5.74, 6) is 0.815. The van der Waals surface area contributed by atoms with Crippen molar-refractivity contribution in [3.8, 4) is 5.75 Å². The summed E-state index contributed by atoms with van der Waals surface area (Å²) < 4.78 is 5.21. The van der Waals surface area contributed by atoms with Crippen molar-refractivity contribution in [2.45, 2.75) is 13.0 Å². The fourth-order valence-corrected chi connectivity index (χ4v) is 3.71. The molecular formula is C21H28N4O4. The Morgan fingerprint density at radius 3 is 2.24 bits per heavy atom. The highest BCUT2D eigenvalue weighted by Crippen LogP contribution is 2.25. The normalized spacial score (nSPS) is 15.6. The summed E-state index contributed by atoms with van der Waals surface area (Å²) in [6.07, 6.45) is 0. The van der Waals surface area contributed by atoms with Crippen LogP contribution in [-0.2, 0) is 4.79 Å². The van der Waals surface area contributed by atoms with Crippen LogP contribution < -0.4 is 25.8 Å². The standard InChI is InChI=1S/C21H28N4O4/c1-14(26)24-9-11-25(12-10-24)19-18(20(27)21(19)28)22-13-17(23(2)3)15-5-7-16(29-4)8-6-15/h5-8,17,22H,9-13H2,1-4H3. The zero-order valence-electron chi connectivity index (χ0n) is 17.4. The number of likely N-dealkylation sites (N-methyl/N-ethyl adjacent to an activating group) is 1. The Bertz CT molecular complexity index is 923. The molecule has 0 aliphatic carbocycles. The van der Waals surface area contributed by atoms with Gasteiger partial charge in [-0.25, -0.2) is 0 Å². The van der Waals surface area contributed by atoms with Crippen LogP contribution in [0, 0.1) is 0 Å². The largest absolute Gasteiger partial charge is 0.497 e. The van der Waals surface area contributed by atoms with Gasteiger partial charge in [0.25, 0.3) is 10.9 Å². The lowest BCUT2D eigenvalue weighted by atomic mass is 10.0. The molecule has 2 aromatic carbocycles. The lowest BCUT2D eigenvalue weighted by Crippen LogP contribution is -2.52. The minimum atomic E-state index is -0.471. The van der Waals surface area contributed by atoms with Gasteiger partial charge >= 0.3 is 0 Å². The predicted octanol–water partition coefficient (Wildman–Crippen LogP) is 0.675. The molecule has 2 aromatic rings. The van der Waals surface area contributed by atoms with E-state index in [-0.39, 0.29) is 11.9 Å². The summed E-state index contributed by atoms with van der Waals surface area (Å²) in [6, 6.07) is 7.82. The van der Waals surface area contributed by atoms with Crippen LogP contribution in [0.1, 0.15) is 18.5 Å². The third-order valence-electron chi connectivity index (χ3n) is 5.52. The molecule has 1 heterocycles. The second-order valence-corrected chi connectivity index (χ2v) is 7.51. The van der Waals surface area contributed by atoms with Crippen molar-refractivity contribution in [1.82, 2.24) is 9.80 Å². The third-order valence-corrected chi connectivity index (χ3v) is 5.52. The van der Waals surface area contributed by atoms with Crippen LogP contribution in [0.15, 0.2) is 33.9 Å². The number of methoxy groups -OCH3 is 1. The minimum Gasteiger partial charge on any atom is -0.497 e. The van der Waals surface area contributed by atoms with Crippen LogP contribution >= 0.6 is 0 Å².